The van der Waals surface area contributed by atoms with Gasteiger partial charge in [-0.15, -0.1) is 0 Å². The smallest absolute Gasteiger partial charge is 0.236 e. The van der Waals surface area contributed by atoms with Crippen molar-refractivity contribution in [3.8, 4) is 0 Å². The minimum Gasteiger partial charge on any atom is -0.392 e. The number of rotatable bonds is 2. The molecule has 1 fully saturated rings. The quantitative estimate of drug-likeness (QED) is 0.674. The number of hydrogen-bond donors (Lipinski definition) is 1. The molecule has 2 aliphatic rings. The molecule has 1 heterocycles. The highest BCUT2D eigenvalue weighted by Crippen LogP contribution is 2.39. The number of fused-ring (bicyclic) bond motifs is 1. The number of nitrogens with two attached hydrogens (primary N) is 1. The molecular weight excluding hydrogens is 280 g/mol. The monoisotopic (exact) mass is 302 g/mol. The molecule has 2 N–H and O–H groups in total. The predicted octanol–water partition coefficient (Wildman–Crippen LogP) is 3.16. The van der Waals surface area contributed by atoms with Crippen LogP contribution in [0, 0.1) is 5.41 Å². The molecule has 0 aromatic heterocycles. The van der Waals surface area contributed by atoms with Crippen LogP contribution in [0.2, 0.25) is 0 Å². The normalized spacial score (nSPS) is 20.7. The average molecular weight is 302 g/mol. The van der Waals surface area contributed by atoms with Gasteiger partial charge in [0.25, 0.3) is 0 Å². The Morgan fingerprint density at radius 1 is 1.05 bits per heavy atom. The second-order valence-corrected chi connectivity index (χ2v) is 6.73. The van der Waals surface area contributed by atoms with Gasteiger partial charge in [-0.2, -0.15) is 0 Å². The number of thiocarbonyl (C=S) groups is 1. The zero-order chi connectivity index (χ0) is 14.9. The molecule has 1 aromatic rings. The maximum absolute atomic E-state index is 13.1. The van der Waals surface area contributed by atoms with Crippen LogP contribution in [0.25, 0.3) is 0 Å². The van der Waals surface area contributed by atoms with Gasteiger partial charge in [0, 0.05) is 13.1 Å². The largest absolute Gasteiger partial charge is 0.392 e. The third-order valence-electron chi connectivity index (χ3n) is 4.97. The number of benzene rings is 1. The molecule has 0 spiro atoms. The molecule has 0 saturated heterocycles. The summed E-state index contributed by atoms with van der Waals surface area (Å²) in [6.45, 7) is 1.39. The molecule has 1 aliphatic carbocycles. The number of nitrogens with zero attached hydrogens (tertiary/aromatic N) is 1. The van der Waals surface area contributed by atoms with Crippen molar-refractivity contribution >= 4 is 23.1 Å². The van der Waals surface area contributed by atoms with Gasteiger partial charge in [-0.1, -0.05) is 62.2 Å². The van der Waals surface area contributed by atoms with Crippen molar-refractivity contribution < 1.29 is 4.79 Å². The van der Waals surface area contributed by atoms with Crippen molar-refractivity contribution in [2.24, 2.45) is 11.1 Å². The molecule has 3 nitrogen and oxygen atoms in total. The predicted molar refractivity (Wildman–Crippen MR) is 87.6 cm³/mol. The van der Waals surface area contributed by atoms with E-state index in [1.165, 1.54) is 24.0 Å². The standard InChI is InChI=1S/C17H22N2OS/c18-15(21)17(9-5-1-2-6-10-17)16(20)19-11-13-7-3-4-8-14(13)12-19/h3-4,7-8H,1-2,5-6,9-12H2,(H2,18,21). The molecule has 1 saturated carbocycles. The maximum Gasteiger partial charge on any atom is 0.236 e. The molecule has 3 rings (SSSR count). The van der Waals surface area contributed by atoms with Crippen LogP contribution in [0.15, 0.2) is 24.3 Å². The second kappa shape index (κ2) is 5.76. The van der Waals surface area contributed by atoms with Crippen LogP contribution in [-0.4, -0.2) is 15.8 Å². The van der Waals surface area contributed by atoms with E-state index < -0.39 is 5.41 Å². The van der Waals surface area contributed by atoms with E-state index in [1.807, 2.05) is 17.0 Å². The first-order valence-electron chi connectivity index (χ1n) is 7.79. The van der Waals surface area contributed by atoms with Crippen LogP contribution in [0.3, 0.4) is 0 Å². The number of carbonyl (C=O) groups excluding carboxylic acids is 1. The van der Waals surface area contributed by atoms with Crippen molar-refractivity contribution in [3.63, 3.8) is 0 Å². The molecule has 4 heteroatoms. The van der Waals surface area contributed by atoms with Crippen LogP contribution in [-0.2, 0) is 17.9 Å². The summed E-state index contributed by atoms with van der Waals surface area (Å²) in [6.07, 6.45) is 6.07. The van der Waals surface area contributed by atoms with Gasteiger partial charge in [0.1, 0.15) is 0 Å². The number of amides is 1. The number of carbonyl (C=O) groups is 1. The summed E-state index contributed by atoms with van der Waals surface area (Å²) in [5.41, 5.74) is 7.92. The second-order valence-electron chi connectivity index (χ2n) is 6.29. The molecular formula is C17H22N2OS. The van der Waals surface area contributed by atoms with E-state index in [1.54, 1.807) is 0 Å². The van der Waals surface area contributed by atoms with Crippen molar-refractivity contribution in [2.75, 3.05) is 0 Å². The first-order chi connectivity index (χ1) is 10.1. The van der Waals surface area contributed by atoms with Crippen LogP contribution in [0.4, 0.5) is 0 Å². The highest BCUT2D eigenvalue weighted by atomic mass is 32.1. The summed E-state index contributed by atoms with van der Waals surface area (Å²) in [4.78, 5) is 15.5. The van der Waals surface area contributed by atoms with Gasteiger partial charge in [0.2, 0.25) is 5.91 Å². The van der Waals surface area contributed by atoms with E-state index in [-0.39, 0.29) is 5.91 Å². The van der Waals surface area contributed by atoms with Crippen molar-refractivity contribution in [1.29, 1.82) is 0 Å². The summed E-state index contributed by atoms with van der Waals surface area (Å²) in [5.74, 6) is 0.146. The summed E-state index contributed by atoms with van der Waals surface area (Å²) >= 11 is 5.32. The van der Waals surface area contributed by atoms with E-state index in [0.29, 0.717) is 18.1 Å². The molecule has 0 atom stereocenters. The Bertz CT molecular complexity index is 537. The lowest BCUT2D eigenvalue weighted by atomic mass is 9.79. The fourth-order valence-electron chi connectivity index (χ4n) is 3.68. The van der Waals surface area contributed by atoms with Crippen molar-refractivity contribution in [1.82, 2.24) is 4.90 Å². The SMILES string of the molecule is NC(=S)C1(C(=O)N2Cc3ccccc3C2)CCCCCC1. The Hall–Kier alpha value is -1.42. The van der Waals surface area contributed by atoms with Gasteiger partial charge in [-0.05, 0) is 24.0 Å². The highest BCUT2D eigenvalue weighted by Gasteiger charge is 2.44. The van der Waals surface area contributed by atoms with E-state index in [0.717, 1.165) is 25.7 Å². The molecule has 21 heavy (non-hydrogen) atoms. The lowest BCUT2D eigenvalue weighted by Gasteiger charge is -2.34. The molecule has 112 valence electrons. The Kier molecular flexibility index (Phi) is 3.98. The highest BCUT2D eigenvalue weighted by molar-refractivity contribution is 7.80. The zero-order valence-corrected chi connectivity index (χ0v) is 13.1. The van der Waals surface area contributed by atoms with E-state index in [9.17, 15) is 4.79 Å². The van der Waals surface area contributed by atoms with Gasteiger partial charge in [-0.3, -0.25) is 4.79 Å². The van der Waals surface area contributed by atoms with Crippen LogP contribution in [0.1, 0.15) is 49.7 Å². The van der Waals surface area contributed by atoms with Gasteiger partial charge in [-0.25, -0.2) is 0 Å². The Labute approximate surface area is 131 Å². The first-order valence-corrected chi connectivity index (χ1v) is 8.20. The maximum atomic E-state index is 13.1. The fraction of sp³-hybridized carbons (Fsp3) is 0.529. The molecule has 0 radical (unpaired) electrons. The topological polar surface area (TPSA) is 46.3 Å². The van der Waals surface area contributed by atoms with Gasteiger partial charge >= 0.3 is 0 Å². The summed E-state index contributed by atoms with van der Waals surface area (Å²) < 4.78 is 0. The van der Waals surface area contributed by atoms with Crippen LogP contribution < -0.4 is 5.73 Å². The molecule has 0 bridgehead atoms. The molecule has 0 unspecified atom stereocenters. The van der Waals surface area contributed by atoms with Gasteiger partial charge in [0.05, 0.1) is 10.4 Å². The Morgan fingerprint density at radius 2 is 1.57 bits per heavy atom. The lowest BCUT2D eigenvalue weighted by molar-refractivity contribution is -0.139. The average Bonchev–Trinajstić information content (AvgIpc) is 2.75. The molecule has 1 aromatic carbocycles. The van der Waals surface area contributed by atoms with E-state index in [2.05, 4.69) is 12.1 Å². The zero-order valence-electron chi connectivity index (χ0n) is 12.3. The van der Waals surface area contributed by atoms with Gasteiger partial charge < -0.3 is 10.6 Å². The lowest BCUT2D eigenvalue weighted by Crippen LogP contribution is -2.49. The minimum atomic E-state index is -0.603. The van der Waals surface area contributed by atoms with E-state index in [4.69, 9.17) is 18.0 Å². The van der Waals surface area contributed by atoms with Crippen LogP contribution in [0.5, 0.6) is 0 Å². The Balaban J connectivity index is 1.84. The van der Waals surface area contributed by atoms with Crippen molar-refractivity contribution in [2.45, 2.75) is 51.6 Å². The van der Waals surface area contributed by atoms with Crippen molar-refractivity contribution in [3.05, 3.63) is 35.4 Å². The van der Waals surface area contributed by atoms with Gasteiger partial charge in [0.15, 0.2) is 0 Å². The minimum absolute atomic E-state index is 0.146. The van der Waals surface area contributed by atoms with Crippen LogP contribution >= 0.6 is 12.2 Å². The van der Waals surface area contributed by atoms with E-state index >= 15 is 0 Å². The first kappa shape index (κ1) is 14.5. The number of hydrogen-bond acceptors (Lipinski definition) is 2. The Morgan fingerprint density at radius 3 is 2.05 bits per heavy atom. The summed E-state index contributed by atoms with van der Waals surface area (Å²) in [5, 5.41) is 0. The third kappa shape index (κ3) is 2.57. The third-order valence-corrected chi connectivity index (χ3v) is 5.36. The summed E-state index contributed by atoms with van der Waals surface area (Å²) in [7, 11) is 0. The molecule has 1 amide bonds. The summed E-state index contributed by atoms with van der Waals surface area (Å²) in [6, 6.07) is 8.26. The molecule has 1 aliphatic heterocycles. The fourth-order valence-corrected chi connectivity index (χ4v) is 3.97.